The molecular formula is C15H29NO5. The number of hydrogen-bond donors (Lipinski definition) is 2. The zero-order valence-corrected chi connectivity index (χ0v) is 14.1. The van der Waals surface area contributed by atoms with Gasteiger partial charge in [0.1, 0.15) is 5.60 Å². The molecule has 0 rings (SSSR count). The van der Waals surface area contributed by atoms with Gasteiger partial charge in [0.25, 0.3) is 0 Å². The molecule has 0 saturated heterocycles. The fraction of sp³-hybridized carbons (Fsp3) is 0.867. The van der Waals surface area contributed by atoms with Gasteiger partial charge in [0.2, 0.25) is 0 Å². The van der Waals surface area contributed by atoms with E-state index in [2.05, 4.69) is 5.32 Å². The van der Waals surface area contributed by atoms with Crippen LogP contribution in [0, 0.1) is 11.3 Å². The first kappa shape index (κ1) is 19.7. The number of carbonyl (C=O) groups excluding carboxylic acids is 1. The Bertz CT molecular complexity index is 362. The van der Waals surface area contributed by atoms with Crippen LogP contribution in [0.25, 0.3) is 0 Å². The van der Waals surface area contributed by atoms with Gasteiger partial charge in [-0.25, -0.2) is 4.79 Å². The van der Waals surface area contributed by atoms with Gasteiger partial charge in [-0.3, -0.25) is 4.79 Å². The molecule has 0 heterocycles. The highest BCUT2D eigenvalue weighted by atomic mass is 16.6. The average molecular weight is 303 g/mol. The Hall–Kier alpha value is -1.30. The van der Waals surface area contributed by atoms with Crippen molar-refractivity contribution in [2.75, 3.05) is 13.7 Å². The minimum Gasteiger partial charge on any atom is -0.481 e. The number of alkyl carbamates (subject to hydrolysis) is 1. The Morgan fingerprint density at radius 1 is 1.19 bits per heavy atom. The fourth-order valence-corrected chi connectivity index (χ4v) is 2.06. The second kappa shape index (κ2) is 7.64. The number of ether oxygens (including phenoxy) is 2. The number of carbonyl (C=O) groups is 2. The molecule has 0 aromatic rings. The van der Waals surface area contributed by atoms with E-state index in [-0.39, 0.29) is 18.6 Å². The molecule has 6 heteroatoms. The molecule has 2 atom stereocenters. The van der Waals surface area contributed by atoms with Gasteiger partial charge in [0, 0.05) is 13.7 Å². The third-order valence-electron chi connectivity index (χ3n) is 3.53. The summed E-state index contributed by atoms with van der Waals surface area (Å²) in [4.78, 5) is 23.5. The van der Waals surface area contributed by atoms with Crippen LogP contribution >= 0.6 is 0 Å². The molecule has 124 valence electrons. The quantitative estimate of drug-likeness (QED) is 0.755. The normalized spacial score (nSPS) is 16.2. The molecule has 6 nitrogen and oxygen atoms in total. The summed E-state index contributed by atoms with van der Waals surface area (Å²) in [5.41, 5.74) is -1.71. The zero-order chi connectivity index (χ0) is 16.8. The van der Waals surface area contributed by atoms with Gasteiger partial charge >= 0.3 is 12.1 Å². The molecule has 2 N–H and O–H groups in total. The minimum atomic E-state index is -1.09. The Balaban J connectivity index is 4.99. The van der Waals surface area contributed by atoms with Crippen molar-refractivity contribution < 1.29 is 24.2 Å². The first-order chi connectivity index (χ1) is 9.44. The van der Waals surface area contributed by atoms with Crippen molar-refractivity contribution in [3.8, 4) is 0 Å². The number of carboxylic acids is 1. The molecule has 1 amide bonds. The summed E-state index contributed by atoms with van der Waals surface area (Å²) in [5.74, 6) is -1.11. The summed E-state index contributed by atoms with van der Waals surface area (Å²) in [7, 11) is 1.54. The highest BCUT2D eigenvalue weighted by Gasteiger charge is 2.43. The number of nitrogens with one attached hydrogen (secondary N) is 1. The smallest absolute Gasteiger partial charge is 0.407 e. The third-order valence-corrected chi connectivity index (χ3v) is 3.53. The Kier molecular flexibility index (Phi) is 7.16. The van der Waals surface area contributed by atoms with Crippen molar-refractivity contribution in [2.45, 2.75) is 59.7 Å². The topological polar surface area (TPSA) is 84.9 Å². The van der Waals surface area contributed by atoms with Crippen molar-refractivity contribution in [3.05, 3.63) is 0 Å². The van der Waals surface area contributed by atoms with E-state index in [4.69, 9.17) is 9.47 Å². The van der Waals surface area contributed by atoms with Crippen LogP contribution in [0.3, 0.4) is 0 Å². The highest BCUT2D eigenvalue weighted by molar-refractivity contribution is 5.77. The van der Waals surface area contributed by atoms with Crippen LogP contribution in [0.15, 0.2) is 0 Å². The van der Waals surface area contributed by atoms with Crippen molar-refractivity contribution in [2.24, 2.45) is 11.3 Å². The number of carboxylic acid groups (broad SMARTS) is 1. The number of hydrogen-bond acceptors (Lipinski definition) is 4. The van der Waals surface area contributed by atoms with Gasteiger partial charge in [0.05, 0.1) is 11.5 Å². The van der Waals surface area contributed by atoms with Crippen molar-refractivity contribution in [3.63, 3.8) is 0 Å². The number of rotatable bonds is 7. The second-order valence-electron chi connectivity index (χ2n) is 6.72. The van der Waals surface area contributed by atoms with Crippen LogP contribution in [-0.4, -0.2) is 42.5 Å². The maximum absolute atomic E-state index is 11.8. The van der Waals surface area contributed by atoms with Crippen molar-refractivity contribution >= 4 is 12.1 Å². The average Bonchev–Trinajstić information content (AvgIpc) is 2.31. The Morgan fingerprint density at radius 3 is 2.05 bits per heavy atom. The van der Waals surface area contributed by atoms with E-state index in [1.165, 1.54) is 0 Å². The number of amides is 1. The summed E-state index contributed by atoms with van der Waals surface area (Å²) >= 11 is 0. The highest BCUT2D eigenvalue weighted by Crippen LogP contribution is 2.33. The van der Waals surface area contributed by atoms with Gasteiger partial charge < -0.3 is 19.9 Å². The van der Waals surface area contributed by atoms with Gasteiger partial charge in [-0.05, 0) is 40.0 Å². The monoisotopic (exact) mass is 303 g/mol. The van der Waals surface area contributed by atoms with E-state index in [0.717, 1.165) is 0 Å². The summed E-state index contributed by atoms with van der Waals surface area (Å²) in [6, 6.07) is 0. The second-order valence-corrected chi connectivity index (χ2v) is 6.72. The predicted molar refractivity (Wildman–Crippen MR) is 80.2 cm³/mol. The summed E-state index contributed by atoms with van der Waals surface area (Å²) in [5, 5.41) is 12.2. The maximum Gasteiger partial charge on any atom is 0.407 e. The van der Waals surface area contributed by atoms with E-state index in [1.807, 2.05) is 20.8 Å². The van der Waals surface area contributed by atoms with E-state index >= 15 is 0 Å². The molecule has 0 bridgehead atoms. The van der Waals surface area contributed by atoms with Crippen LogP contribution < -0.4 is 5.32 Å². The van der Waals surface area contributed by atoms with Gasteiger partial charge in [-0.1, -0.05) is 13.8 Å². The number of methoxy groups -OCH3 is 1. The van der Waals surface area contributed by atoms with E-state index in [0.29, 0.717) is 6.42 Å². The Morgan fingerprint density at radius 2 is 1.71 bits per heavy atom. The fourth-order valence-electron chi connectivity index (χ4n) is 2.06. The van der Waals surface area contributed by atoms with Crippen molar-refractivity contribution in [1.29, 1.82) is 0 Å². The lowest BCUT2D eigenvalue weighted by Crippen LogP contribution is -2.49. The molecule has 2 unspecified atom stereocenters. The van der Waals surface area contributed by atoms with Crippen molar-refractivity contribution in [1.82, 2.24) is 5.32 Å². The molecule has 0 saturated carbocycles. The first-order valence-corrected chi connectivity index (χ1v) is 7.17. The van der Waals surface area contributed by atoms with Gasteiger partial charge in [-0.2, -0.15) is 0 Å². The molecule has 0 aliphatic carbocycles. The molecule has 0 spiro atoms. The van der Waals surface area contributed by atoms with Gasteiger partial charge in [0.15, 0.2) is 0 Å². The van der Waals surface area contributed by atoms with Gasteiger partial charge in [-0.15, -0.1) is 0 Å². The first-order valence-electron chi connectivity index (χ1n) is 7.17. The lowest BCUT2D eigenvalue weighted by molar-refractivity contribution is -0.154. The molecule has 0 aromatic heterocycles. The predicted octanol–water partition coefficient (Wildman–Crippen LogP) is 2.66. The minimum absolute atomic E-state index is 0.00259. The zero-order valence-electron chi connectivity index (χ0n) is 14.1. The van der Waals surface area contributed by atoms with E-state index in [9.17, 15) is 14.7 Å². The molecular weight excluding hydrogens is 274 g/mol. The largest absolute Gasteiger partial charge is 0.481 e. The third kappa shape index (κ3) is 6.33. The molecule has 0 radical (unpaired) electrons. The molecule has 21 heavy (non-hydrogen) atoms. The summed E-state index contributed by atoms with van der Waals surface area (Å²) < 4.78 is 10.3. The number of aliphatic carboxylic acids is 1. The van der Waals surface area contributed by atoms with Crippen LogP contribution in [0.4, 0.5) is 4.79 Å². The van der Waals surface area contributed by atoms with E-state index in [1.54, 1.807) is 27.9 Å². The molecule has 0 aliphatic rings. The lowest BCUT2D eigenvalue weighted by Gasteiger charge is -2.35. The molecule has 0 fully saturated rings. The summed E-state index contributed by atoms with van der Waals surface area (Å²) in [6.45, 7) is 10.7. The molecule has 0 aromatic carbocycles. The van der Waals surface area contributed by atoms with Crippen LogP contribution in [0.2, 0.25) is 0 Å². The summed E-state index contributed by atoms with van der Waals surface area (Å²) in [6.07, 6.45) is -0.519. The van der Waals surface area contributed by atoms with E-state index < -0.39 is 23.1 Å². The molecule has 0 aliphatic heterocycles. The van der Waals surface area contributed by atoms with Crippen LogP contribution in [-0.2, 0) is 14.3 Å². The SMILES string of the molecule is COC(C)CC(CNC(=O)OC(C)(C)C)(C(=O)O)C(C)C. The standard InChI is InChI=1S/C15H29NO5/c1-10(2)15(12(17)18,8-11(3)20-7)9-16-13(19)21-14(4,5)6/h10-11H,8-9H2,1-7H3,(H,16,19)(H,17,18). The Labute approximate surface area is 127 Å². The van der Waals surface area contributed by atoms with Crippen LogP contribution in [0.1, 0.15) is 48.0 Å². The maximum atomic E-state index is 11.8. The van der Waals surface area contributed by atoms with Crippen LogP contribution in [0.5, 0.6) is 0 Å². The lowest BCUT2D eigenvalue weighted by atomic mass is 9.73.